The van der Waals surface area contributed by atoms with E-state index >= 15 is 0 Å². The van der Waals surface area contributed by atoms with Crippen molar-refractivity contribution in [2.45, 2.75) is 36.7 Å². The van der Waals surface area contributed by atoms with Crippen LogP contribution in [0.15, 0.2) is 23.1 Å². The van der Waals surface area contributed by atoms with Gasteiger partial charge < -0.3 is 0 Å². The number of rotatable bonds is 5. The fourth-order valence-electron chi connectivity index (χ4n) is 2.83. The van der Waals surface area contributed by atoms with Gasteiger partial charge in [0.15, 0.2) is 28.2 Å². The molecular weight excluding hydrogens is 415 g/mol. The molecule has 1 fully saturated rings. The van der Waals surface area contributed by atoms with E-state index < -0.39 is 68.2 Å². The van der Waals surface area contributed by atoms with Crippen molar-refractivity contribution in [1.29, 1.82) is 0 Å². The lowest BCUT2D eigenvalue weighted by molar-refractivity contribution is 0.210. The summed E-state index contributed by atoms with van der Waals surface area (Å²) in [7, 11) is -5.23. The van der Waals surface area contributed by atoms with E-state index in [-0.39, 0.29) is 18.4 Å². The van der Waals surface area contributed by atoms with E-state index in [1.54, 1.807) is 0 Å². The summed E-state index contributed by atoms with van der Waals surface area (Å²) in [6.07, 6.45) is 1.05. The molecule has 0 bridgehead atoms. The van der Waals surface area contributed by atoms with Crippen LogP contribution in [0.5, 0.6) is 0 Å². The highest BCUT2D eigenvalue weighted by Crippen LogP contribution is 2.35. The molecule has 28 heavy (non-hydrogen) atoms. The zero-order chi connectivity index (χ0) is 20.8. The van der Waals surface area contributed by atoms with Gasteiger partial charge in [-0.05, 0) is 18.9 Å². The van der Waals surface area contributed by atoms with Crippen molar-refractivity contribution in [2.75, 3.05) is 0 Å². The average molecular weight is 427 g/mol. The Balaban J connectivity index is 2.13. The van der Waals surface area contributed by atoms with Crippen LogP contribution in [0.3, 0.4) is 0 Å². The van der Waals surface area contributed by atoms with Crippen molar-refractivity contribution in [2.24, 2.45) is 0 Å². The lowest BCUT2D eigenvalue weighted by atomic mass is 9.93. The fourth-order valence-corrected chi connectivity index (χ4v) is 4.61. The molecule has 3 rings (SSSR count). The van der Waals surface area contributed by atoms with Crippen LogP contribution in [0.1, 0.15) is 24.8 Å². The first-order chi connectivity index (χ1) is 13.1. The zero-order valence-corrected chi connectivity index (χ0v) is 14.8. The molecule has 0 radical (unpaired) electrons. The van der Waals surface area contributed by atoms with Gasteiger partial charge in [0.1, 0.15) is 11.6 Å². The topological polar surface area (TPSA) is 37.4 Å². The normalized spacial score (nSPS) is 15.1. The van der Waals surface area contributed by atoms with Crippen LogP contribution in [0, 0.1) is 40.7 Å². The molecule has 1 saturated carbocycles. The molecule has 0 unspecified atom stereocenters. The number of hydrogen-bond donors (Lipinski definition) is 0. The number of sulfonamides is 1. The van der Waals surface area contributed by atoms with Gasteiger partial charge in [-0.2, -0.15) is 4.31 Å². The number of hydrogen-bond acceptors (Lipinski definition) is 2. The molecule has 0 spiro atoms. The molecule has 1 aliphatic rings. The minimum absolute atomic E-state index is 0.247. The van der Waals surface area contributed by atoms with Crippen molar-refractivity contribution in [3.8, 4) is 0 Å². The maximum atomic E-state index is 14.1. The van der Waals surface area contributed by atoms with Crippen LogP contribution in [-0.4, -0.2) is 18.8 Å². The lowest BCUT2D eigenvalue weighted by Crippen LogP contribution is -2.44. The predicted octanol–water partition coefficient (Wildman–Crippen LogP) is 4.40. The molecule has 0 atom stereocenters. The third kappa shape index (κ3) is 3.37. The third-order valence-electron chi connectivity index (χ3n) is 4.56. The van der Waals surface area contributed by atoms with Crippen molar-refractivity contribution in [1.82, 2.24) is 4.31 Å². The second-order valence-corrected chi connectivity index (χ2v) is 8.10. The molecular formula is C17H12F7NO2S. The van der Waals surface area contributed by atoms with Gasteiger partial charge in [0.2, 0.25) is 15.8 Å². The van der Waals surface area contributed by atoms with Gasteiger partial charge in [-0.3, -0.25) is 0 Å². The number of benzene rings is 2. The van der Waals surface area contributed by atoms with Crippen molar-refractivity contribution < 1.29 is 39.2 Å². The van der Waals surface area contributed by atoms with Crippen LogP contribution >= 0.6 is 0 Å². The fraction of sp³-hybridized carbons (Fsp3) is 0.294. The maximum absolute atomic E-state index is 14.1. The smallest absolute Gasteiger partial charge is 0.207 e. The summed E-state index contributed by atoms with van der Waals surface area (Å²) < 4.78 is 121. The molecule has 3 nitrogen and oxygen atoms in total. The first-order valence-corrected chi connectivity index (χ1v) is 9.47. The van der Waals surface area contributed by atoms with E-state index in [0.29, 0.717) is 16.8 Å². The molecule has 2 aromatic carbocycles. The molecule has 2 aromatic rings. The molecule has 1 aliphatic carbocycles. The number of nitrogens with zero attached hydrogens (tertiary/aromatic N) is 1. The minimum atomic E-state index is -5.23. The molecule has 152 valence electrons. The summed E-state index contributed by atoms with van der Waals surface area (Å²) in [5.74, 6) is -14.3. The Morgan fingerprint density at radius 3 is 1.86 bits per heavy atom. The Hall–Kier alpha value is -2.14. The Kier molecular flexibility index (Phi) is 5.41. The summed E-state index contributed by atoms with van der Waals surface area (Å²) in [6, 6.07) is 1.44. The van der Waals surface area contributed by atoms with Gasteiger partial charge in [-0.1, -0.05) is 12.5 Å². The number of halogens is 7. The van der Waals surface area contributed by atoms with Gasteiger partial charge in [0.25, 0.3) is 0 Å². The van der Waals surface area contributed by atoms with Crippen LogP contribution in [0.25, 0.3) is 0 Å². The van der Waals surface area contributed by atoms with E-state index in [9.17, 15) is 39.2 Å². The standard InChI is InChI=1S/C17H12F7NO2S/c18-9-5-4-8(11(19)6-9)7-25(10-2-1-3-10)28(26,27)17-15(23)13(21)12(20)14(22)16(17)24/h4-6,10H,1-3,7H2. The summed E-state index contributed by atoms with van der Waals surface area (Å²) in [5.41, 5.74) is -0.319. The average Bonchev–Trinajstić information content (AvgIpc) is 2.58. The Labute approximate surface area is 155 Å². The van der Waals surface area contributed by atoms with E-state index in [1.807, 2.05) is 0 Å². The second kappa shape index (κ2) is 7.36. The highest BCUT2D eigenvalue weighted by Gasteiger charge is 2.41. The van der Waals surface area contributed by atoms with Gasteiger partial charge >= 0.3 is 0 Å². The summed E-state index contributed by atoms with van der Waals surface area (Å²) in [5, 5.41) is 0. The molecule has 0 N–H and O–H groups in total. The Bertz CT molecular complexity index is 1010. The molecule has 0 amide bonds. The highest BCUT2D eigenvalue weighted by molar-refractivity contribution is 7.89. The van der Waals surface area contributed by atoms with E-state index in [2.05, 4.69) is 0 Å². The zero-order valence-electron chi connectivity index (χ0n) is 14.0. The first kappa shape index (κ1) is 20.6. The quantitative estimate of drug-likeness (QED) is 0.403. The predicted molar refractivity (Wildman–Crippen MR) is 83.0 cm³/mol. The SMILES string of the molecule is O=S(=O)(c1c(F)c(F)c(F)c(F)c1F)N(Cc1ccc(F)cc1F)C1CCC1. The lowest BCUT2D eigenvalue weighted by Gasteiger charge is -2.36. The first-order valence-electron chi connectivity index (χ1n) is 8.03. The van der Waals surface area contributed by atoms with E-state index in [0.717, 1.165) is 12.1 Å². The maximum Gasteiger partial charge on any atom is 0.249 e. The van der Waals surface area contributed by atoms with Gasteiger partial charge in [0, 0.05) is 24.2 Å². The molecule has 0 heterocycles. The Morgan fingerprint density at radius 2 is 1.39 bits per heavy atom. The van der Waals surface area contributed by atoms with Crippen LogP contribution in [-0.2, 0) is 16.6 Å². The monoisotopic (exact) mass is 427 g/mol. The molecule has 11 heteroatoms. The van der Waals surface area contributed by atoms with Gasteiger partial charge in [-0.25, -0.2) is 39.2 Å². The van der Waals surface area contributed by atoms with Crippen LogP contribution in [0.4, 0.5) is 30.7 Å². The third-order valence-corrected chi connectivity index (χ3v) is 6.48. The van der Waals surface area contributed by atoms with Crippen molar-refractivity contribution >= 4 is 10.0 Å². The highest BCUT2D eigenvalue weighted by atomic mass is 32.2. The molecule has 0 aliphatic heterocycles. The molecule has 0 aromatic heterocycles. The largest absolute Gasteiger partial charge is 0.249 e. The van der Waals surface area contributed by atoms with E-state index in [1.165, 1.54) is 0 Å². The summed E-state index contributed by atoms with van der Waals surface area (Å²) in [6.45, 7) is -0.765. The summed E-state index contributed by atoms with van der Waals surface area (Å²) in [4.78, 5) is -2.00. The minimum Gasteiger partial charge on any atom is -0.207 e. The molecule has 0 saturated heterocycles. The van der Waals surface area contributed by atoms with Gasteiger partial charge in [-0.15, -0.1) is 0 Å². The van der Waals surface area contributed by atoms with Gasteiger partial charge in [0.05, 0.1) is 0 Å². The second-order valence-electron chi connectivity index (χ2n) is 6.27. The van der Waals surface area contributed by atoms with E-state index in [4.69, 9.17) is 0 Å². The summed E-state index contributed by atoms with van der Waals surface area (Å²) >= 11 is 0. The van der Waals surface area contributed by atoms with Crippen LogP contribution < -0.4 is 0 Å². The Morgan fingerprint density at radius 1 is 0.857 bits per heavy atom. The van der Waals surface area contributed by atoms with Crippen molar-refractivity contribution in [3.05, 3.63) is 64.5 Å². The van der Waals surface area contributed by atoms with Crippen LogP contribution in [0.2, 0.25) is 0 Å². The van der Waals surface area contributed by atoms with Crippen molar-refractivity contribution in [3.63, 3.8) is 0 Å².